The molecule has 33 heavy (non-hydrogen) atoms. The van der Waals surface area contributed by atoms with E-state index < -0.39 is 24.0 Å². The Balaban J connectivity index is 1.30. The number of hydrogen-bond acceptors (Lipinski definition) is 6. The molecule has 0 radical (unpaired) electrons. The number of rotatable bonds is 4. The summed E-state index contributed by atoms with van der Waals surface area (Å²) < 4.78 is 5.48. The van der Waals surface area contributed by atoms with Crippen LogP contribution in [0.4, 0.5) is 11.4 Å². The Bertz CT molecular complexity index is 1180. The second-order valence-electron chi connectivity index (χ2n) is 8.22. The number of fused-ring (bicyclic) bond motifs is 2. The van der Waals surface area contributed by atoms with Gasteiger partial charge in [-0.2, -0.15) is 0 Å². The van der Waals surface area contributed by atoms with E-state index in [-0.39, 0.29) is 25.5 Å². The van der Waals surface area contributed by atoms with E-state index in [1.165, 1.54) is 4.90 Å². The minimum absolute atomic E-state index is 0.0721. The average molecular weight is 449 g/mol. The number of ether oxygens (including phenoxy) is 1. The third kappa shape index (κ3) is 3.94. The zero-order valence-electron chi connectivity index (χ0n) is 17.7. The predicted molar refractivity (Wildman–Crippen MR) is 119 cm³/mol. The molecule has 5 rings (SSSR count). The lowest BCUT2D eigenvalue weighted by Gasteiger charge is -2.34. The van der Waals surface area contributed by atoms with E-state index >= 15 is 0 Å². The molecular weight excluding hydrogens is 426 g/mol. The molecule has 3 heterocycles. The summed E-state index contributed by atoms with van der Waals surface area (Å²) in [6.07, 6.45) is -2.80. The maximum Gasteiger partial charge on any atom is 0.259 e. The smallest absolute Gasteiger partial charge is 0.259 e. The molecule has 0 unspecified atom stereocenters. The molecule has 1 saturated heterocycles. The Hall–Kier alpha value is -3.76. The van der Waals surface area contributed by atoms with Crippen molar-refractivity contribution in [3.63, 3.8) is 0 Å². The molecule has 5 N–H and O–H groups in total. The van der Waals surface area contributed by atoms with E-state index in [2.05, 4.69) is 16.0 Å². The highest BCUT2D eigenvalue weighted by Crippen LogP contribution is 2.26. The van der Waals surface area contributed by atoms with E-state index in [0.29, 0.717) is 30.3 Å². The van der Waals surface area contributed by atoms with E-state index in [1.54, 1.807) is 30.3 Å². The molecule has 2 atom stereocenters. The molecule has 3 amide bonds. The minimum atomic E-state index is -1.70. The molecule has 2 aromatic rings. The molecule has 0 saturated carbocycles. The molecule has 1 fully saturated rings. The van der Waals surface area contributed by atoms with Gasteiger partial charge in [0.2, 0.25) is 5.91 Å². The predicted octanol–water partition coefficient (Wildman–Crippen LogP) is 0.0189. The minimum Gasteiger partial charge on any atom is -0.380 e. The Morgan fingerprint density at radius 3 is 2.79 bits per heavy atom. The highest BCUT2D eigenvalue weighted by Gasteiger charge is 2.39. The van der Waals surface area contributed by atoms with Gasteiger partial charge in [-0.15, -0.1) is 0 Å². The van der Waals surface area contributed by atoms with Crippen LogP contribution in [0.25, 0.3) is 0 Å². The number of morpholine rings is 1. The summed E-state index contributed by atoms with van der Waals surface area (Å²) in [5.41, 5.74) is 4.53. The van der Waals surface area contributed by atoms with Crippen LogP contribution in [-0.4, -0.2) is 54.0 Å². The van der Waals surface area contributed by atoms with Gasteiger partial charge in [0.1, 0.15) is 5.84 Å². The number of amidine groups is 1. The molecule has 170 valence electrons. The summed E-state index contributed by atoms with van der Waals surface area (Å²) in [6, 6.07) is 10.6. The third-order valence-corrected chi connectivity index (χ3v) is 6.10. The van der Waals surface area contributed by atoms with Gasteiger partial charge in [0.25, 0.3) is 11.8 Å². The monoisotopic (exact) mass is 449 g/mol. The lowest BCUT2D eigenvalue weighted by atomic mass is 9.99. The normalized spacial score (nSPS) is 20.5. The van der Waals surface area contributed by atoms with Crippen molar-refractivity contribution in [1.29, 1.82) is 5.41 Å². The first-order valence-corrected chi connectivity index (χ1v) is 10.7. The van der Waals surface area contributed by atoms with Crippen molar-refractivity contribution in [2.24, 2.45) is 0 Å². The van der Waals surface area contributed by atoms with Gasteiger partial charge in [-0.1, -0.05) is 6.07 Å². The van der Waals surface area contributed by atoms with Crippen LogP contribution in [0.5, 0.6) is 0 Å². The largest absolute Gasteiger partial charge is 0.380 e. The molecule has 10 nitrogen and oxygen atoms in total. The topological polar surface area (TPSA) is 144 Å². The number of aliphatic hydroxyl groups is 1. The number of aliphatic hydroxyl groups excluding tert-OH is 1. The third-order valence-electron chi connectivity index (χ3n) is 6.10. The fourth-order valence-electron chi connectivity index (χ4n) is 4.33. The van der Waals surface area contributed by atoms with Crippen molar-refractivity contribution in [1.82, 2.24) is 10.6 Å². The fraction of sp³-hybridized carbons (Fsp3) is 0.304. The second kappa shape index (κ2) is 8.30. The summed E-state index contributed by atoms with van der Waals surface area (Å²) in [6.45, 7) is 1.37. The lowest BCUT2D eigenvalue weighted by Crippen LogP contribution is -2.55. The van der Waals surface area contributed by atoms with E-state index in [9.17, 15) is 19.5 Å². The maximum absolute atomic E-state index is 13.1. The molecule has 0 spiro atoms. The van der Waals surface area contributed by atoms with Crippen LogP contribution >= 0.6 is 0 Å². The quantitative estimate of drug-likeness (QED) is 0.445. The van der Waals surface area contributed by atoms with Crippen LogP contribution in [0.2, 0.25) is 0 Å². The Labute approximate surface area is 189 Å². The molecule has 0 aliphatic carbocycles. The van der Waals surface area contributed by atoms with Crippen molar-refractivity contribution in [2.45, 2.75) is 31.7 Å². The molecule has 2 aromatic carbocycles. The van der Waals surface area contributed by atoms with Crippen molar-refractivity contribution in [2.75, 3.05) is 23.4 Å². The molecule has 10 heteroatoms. The molecule has 3 aliphatic heterocycles. The summed E-state index contributed by atoms with van der Waals surface area (Å²) in [5, 5.41) is 26.7. The van der Waals surface area contributed by atoms with Gasteiger partial charge < -0.3 is 30.7 Å². The molecular formula is C23H23N5O5. The van der Waals surface area contributed by atoms with E-state index in [0.717, 1.165) is 22.3 Å². The highest BCUT2D eigenvalue weighted by molar-refractivity contribution is 6.05. The molecule has 0 bridgehead atoms. The van der Waals surface area contributed by atoms with Crippen LogP contribution in [0.1, 0.15) is 22.3 Å². The second-order valence-corrected chi connectivity index (χ2v) is 8.22. The van der Waals surface area contributed by atoms with Gasteiger partial charge in [0.15, 0.2) is 12.2 Å². The Morgan fingerprint density at radius 1 is 1.12 bits per heavy atom. The van der Waals surface area contributed by atoms with Crippen molar-refractivity contribution < 1.29 is 24.2 Å². The van der Waals surface area contributed by atoms with Crippen LogP contribution < -0.4 is 20.9 Å². The van der Waals surface area contributed by atoms with Crippen molar-refractivity contribution >= 4 is 34.9 Å². The van der Waals surface area contributed by atoms with Crippen LogP contribution in [0.15, 0.2) is 36.4 Å². The number of anilines is 2. The number of nitrogens with zero attached hydrogens (tertiary/aromatic N) is 1. The number of nitrogens with one attached hydrogen (secondary N) is 4. The highest BCUT2D eigenvalue weighted by atomic mass is 16.5. The average Bonchev–Trinajstić information content (AvgIpc) is 3.18. The zero-order valence-corrected chi connectivity index (χ0v) is 17.7. The van der Waals surface area contributed by atoms with Crippen molar-refractivity contribution in [3.05, 3.63) is 58.7 Å². The summed E-state index contributed by atoms with van der Waals surface area (Å²) in [4.78, 5) is 39.0. The summed E-state index contributed by atoms with van der Waals surface area (Å²) in [7, 11) is 0. The summed E-state index contributed by atoms with van der Waals surface area (Å²) >= 11 is 0. The van der Waals surface area contributed by atoms with Gasteiger partial charge in [-0.25, -0.2) is 0 Å². The summed E-state index contributed by atoms with van der Waals surface area (Å²) in [5.74, 6) is -1.02. The Morgan fingerprint density at radius 2 is 1.94 bits per heavy atom. The molecule has 3 aliphatic rings. The maximum atomic E-state index is 13.1. The Kier molecular flexibility index (Phi) is 5.31. The van der Waals surface area contributed by atoms with Crippen LogP contribution in [0, 0.1) is 5.41 Å². The van der Waals surface area contributed by atoms with Gasteiger partial charge >= 0.3 is 0 Å². The van der Waals surface area contributed by atoms with Gasteiger partial charge in [-0.3, -0.25) is 19.8 Å². The van der Waals surface area contributed by atoms with E-state index in [4.69, 9.17) is 10.1 Å². The first-order chi connectivity index (χ1) is 15.9. The standard InChI is InChI=1S/C23H23N5O5/c24-21-17-4-2-15(7-14(17)11-26-21)27-22(31)19(30)20-23(32)28(5-6-33-20)16-3-1-12-10-25-18(29)9-13(12)8-16/h1-4,7-8,19-20,30H,5-6,9-11H2,(H2,24,26)(H,25,29)(H,27,31)/t19-,20-/m1/s1. The van der Waals surface area contributed by atoms with E-state index in [1.807, 2.05) is 6.07 Å². The number of hydrogen-bond donors (Lipinski definition) is 5. The van der Waals surface area contributed by atoms with Gasteiger partial charge in [0, 0.05) is 36.6 Å². The first kappa shape index (κ1) is 21.1. The number of benzene rings is 2. The van der Waals surface area contributed by atoms with Crippen LogP contribution in [-0.2, 0) is 38.6 Å². The van der Waals surface area contributed by atoms with Crippen LogP contribution in [0.3, 0.4) is 0 Å². The van der Waals surface area contributed by atoms with Crippen molar-refractivity contribution in [3.8, 4) is 0 Å². The van der Waals surface area contributed by atoms with Gasteiger partial charge in [0.05, 0.1) is 13.0 Å². The lowest BCUT2D eigenvalue weighted by molar-refractivity contribution is -0.150. The number of carbonyl (C=O) groups excluding carboxylic acids is 3. The fourth-order valence-corrected chi connectivity index (χ4v) is 4.33. The SMILES string of the molecule is N=C1NCc2cc(NC(=O)[C@H](O)[C@H]3OCCN(c4ccc5c(c4)CC(=O)NC5)C3=O)ccc21. The first-order valence-electron chi connectivity index (χ1n) is 10.7. The number of amides is 3. The van der Waals surface area contributed by atoms with Gasteiger partial charge in [-0.05, 0) is 47.0 Å². The zero-order chi connectivity index (χ0) is 23.1. The molecule has 0 aromatic heterocycles. The number of carbonyl (C=O) groups is 3.